The summed E-state index contributed by atoms with van der Waals surface area (Å²) in [6, 6.07) is 12.3. The summed E-state index contributed by atoms with van der Waals surface area (Å²) in [5.74, 6) is 0.548. The lowest BCUT2D eigenvalue weighted by Crippen LogP contribution is -2.60. The molecule has 1 saturated carbocycles. The average Bonchev–Trinajstić information content (AvgIpc) is 3.47. The van der Waals surface area contributed by atoms with Gasteiger partial charge in [-0.2, -0.15) is 0 Å². The van der Waals surface area contributed by atoms with Crippen molar-refractivity contribution in [2.24, 2.45) is 17.8 Å². The van der Waals surface area contributed by atoms with Crippen LogP contribution in [0.5, 0.6) is 5.75 Å². The SMILES string of the molecule is CO[C@]1(CN2CCN3CCCCCC3C2)/C=C/C[C@H](C)[C@@H](C)S(=O)(=O)NC(=O)c2ccc3c(c2)N(C[C@@H]2CC[C@H]21)C[C@@]1(CCCc2cc(Cl)ccc21)CO3. The van der Waals surface area contributed by atoms with Crippen LogP contribution in [0.2, 0.25) is 5.02 Å². The maximum absolute atomic E-state index is 13.7. The highest BCUT2D eigenvalue weighted by Crippen LogP contribution is 2.49. The summed E-state index contributed by atoms with van der Waals surface area (Å²) in [5, 5.41) is -0.0132. The van der Waals surface area contributed by atoms with Crippen molar-refractivity contribution in [3.63, 3.8) is 0 Å². The molecule has 9 nitrogen and oxygen atoms in total. The monoisotopic (exact) mass is 778 g/mol. The second kappa shape index (κ2) is 15.4. The number of allylic oxidation sites excluding steroid dienone is 1. The molecule has 11 heteroatoms. The number of hydrogen-bond acceptors (Lipinski definition) is 8. The fourth-order valence-corrected chi connectivity index (χ4v) is 12.2. The van der Waals surface area contributed by atoms with Gasteiger partial charge in [0.2, 0.25) is 10.0 Å². The van der Waals surface area contributed by atoms with Gasteiger partial charge in [0.1, 0.15) is 11.4 Å². The van der Waals surface area contributed by atoms with Crippen LogP contribution in [0.1, 0.15) is 93.1 Å². The number of nitrogens with zero attached hydrogens (tertiary/aromatic N) is 3. The van der Waals surface area contributed by atoms with Gasteiger partial charge in [-0.1, -0.05) is 49.6 Å². The van der Waals surface area contributed by atoms with Crippen LogP contribution in [0.15, 0.2) is 48.6 Å². The Morgan fingerprint density at radius 3 is 2.69 bits per heavy atom. The number of benzene rings is 2. The summed E-state index contributed by atoms with van der Waals surface area (Å²) < 4.78 is 43.2. The molecule has 4 heterocycles. The van der Waals surface area contributed by atoms with Crippen molar-refractivity contribution in [1.29, 1.82) is 0 Å². The van der Waals surface area contributed by atoms with Crippen LogP contribution >= 0.6 is 11.6 Å². The molecule has 4 aliphatic heterocycles. The first kappa shape index (κ1) is 38.3. The molecule has 2 saturated heterocycles. The Labute approximate surface area is 327 Å². The third-order valence-electron chi connectivity index (χ3n) is 14.3. The van der Waals surface area contributed by atoms with Crippen molar-refractivity contribution in [2.75, 3.05) is 64.4 Å². The third-order valence-corrected chi connectivity index (χ3v) is 16.4. The molecule has 1 spiro atoms. The lowest BCUT2D eigenvalue weighted by atomic mass is 9.63. The van der Waals surface area contributed by atoms with Crippen LogP contribution in [0, 0.1) is 17.8 Å². The number of rotatable bonds is 3. The molecule has 1 N–H and O–H groups in total. The van der Waals surface area contributed by atoms with Crippen LogP contribution in [-0.4, -0.2) is 101 Å². The van der Waals surface area contributed by atoms with E-state index in [1.165, 1.54) is 43.4 Å². The second-order valence-corrected chi connectivity index (χ2v) is 19.9. The number of aryl methyl sites for hydroxylation is 1. The first-order valence-corrected chi connectivity index (χ1v) is 22.5. The molecule has 2 aliphatic carbocycles. The predicted octanol–water partition coefficient (Wildman–Crippen LogP) is 6.83. The summed E-state index contributed by atoms with van der Waals surface area (Å²) in [4.78, 5) is 21.5. The third kappa shape index (κ3) is 7.35. The predicted molar refractivity (Wildman–Crippen MR) is 215 cm³/mol. The number of nitrogens with one attached hydrogen (secondary N) is 1. The summed E-state index contributed by atoms with van der Waals surface area (Å²) in [6.07, 6.45) is 15.4. The smallest absolute Gasteiger partial charge is 0.264 e. The van der Waals surface area contributed by atoms with E-state index in [4.69, 9.17) is 21.1 Å². The Bertz CT molecular complexity index is 1860. The average molecular weight is 779 g/mol. The molecule has 2 bridgehead atoms. The number of fused-ring (bicyclic) bond motifs is 5. The quantitative estimate of drug-likeness (QED) is 0.340. The lowest BCUT2D eigenvalue weighted by molar-refractivity contribution is -0.0987. The van der Waals surface area contributed by atoms with Crippen molar-refractivity contribution in [2.45, 2.75) is 100 Å². The molecule has 7 atom stereocenters. The van der Waals surface area contributed by atoms with Gasteiger partial charge in [-0.05, 0) is 124 Å². The summed E-state index contributed by atoms with van der Waals surface area (Å²) in [5.41, 5.74) is 2.97. The van der Waals surface area contributed by atoms with Gasteiger partial charge in [0, 0.05) is 68.4 Å². The van der Waals surface area contributed by atoms with E-state index in [0.29, 0.717) is 30.6 Å². The van der Waals surface area contributed by atoms with Crippen molar-refractivity contribution >= 4 is 33.2 Å². The molecular weight excluding hydrogens is 720 g/mol. The van der Waals surface area contributed by atoms with Gasteiger partial charge in [0.15, 0.2) is 0 Å². The maximum Gasteiger partial charge on any atom is 0.264 e. The van der Waals surface area contributed by atoms with Gasteiger partial charge >= 0.3 is 0 Å². The molecule has 54 heavy (non-hydrogen) atoms. The van der Waals surface area contributed by atoms with Crippen LogP contribution in [0.25, 0.3) is 0 Å². The lowest BCUT2D eigenvalue weighted by Gasteiger charge is -2.53. The zero-order valence-corrected chi connectivity index (χ0v) is 34.0. The fraction of sp³-hybridized carbons (Fsp3) is 0.651. The van der Waals surface area contributed by atoms with Crippen LogP contribution < -0.4 is 14.4 Å². The Kier molecular flexibility index (Phi) is 10.9. The molecule has 1 amide bonds. The van der Waals surface area contributed by atoms with E-state index >= 15 is 0 Å². The summed E-state index contributed by atoms with van der Waals surface area (Å²) in [6.45, 7) is 10.9. The van der Waals surface area contributed by atoms with Gasteiger partial charge in [-0.3, -0.25) is 14.6 Å². The minimum Gasteiger partial charge on any atom is -0.490 e. The standard InChI is InChI=1S/C43H59ClN4O5S/c1-30-9-7-19-43(52-3,28-46-21-22-47-20-6-4-5-11-36(47)26-46)38-15-12-34(38)25-48-27-42(18-8-10-32-23-35(44)14-16-37(32)42)29-53-40-17-13-33(24-39(40)48)41(49)45-54(50,51)31(30)2/h7,13-14,16-17,19,23-24,30-31,34,36,38H,4-6,8-12,15,18,20-22,25-29H2,1-3H3,(H,45,49)/b19-7+/t30-,31+,34-,36?,38+,42-,43-/m0/s1. The summed E-state index contributed by atoms with van der Waals surface area (Å²) >= 11 is 6.52. The Morgan fingerprint density at radius 1 is 1.00 bits per heavy atom. The maximum atomic E-state index is 13.7. The molecule has 3 fully saturated rings. The number of amides is 1. The van der Waals surface area contributed by atoms with Crippen LogP contribution in [0.4, 0.5) is 5.69 Å². The molecular formula is C43H59ClN4O5S. The normalized spacial score (nSPS) is 35.2. The number of anilines is 1. The van der Waals surface area contributed by atoms with Crippen LogP contribution in [-0.2, 0) is 26.6 Å². The largest absolute Gasteiger partial charge is 0.490 e. The minimum absolute atomic E-state index is 0.207. The van der Waals surface area contributed by atoms with Crippen LogP contribution in [0.3, 0.4) is 0 Å². The Morgan fingerprint density at radius 2 is 1.87 bits per heavy atom. The molecule has 8 rings (SSSR count). The molecule has 0 aromatic heterocycles. The molecule has 2 aromatic carbocycles. The van der Waals surface area contributed by atoms with E-state index in [1.807, 2.05) is 32.2 Å². The minimum atomic E-state index is -3.95. The molecule has 294 valence electrons. The number of piperazine rings is 1. The van der Waals surface area contributed by atoms with E-state index in [1.54, 1.807) is 13.0 Å². The van der Waals surface area contributed by atoms with Gasteiger partial charge in [-0.25, -0.2) is 13.1 Å². The zero-order valence-electron chi connectivity index (χ0n) is 32.4. The molecule has 2 aromatic rings. The van der Waals surface area contributed by atoms with E-state index < -0.39 is 26.8 Å². The van der Waals surface area contributed by atoms with Gasteiger partial charge in [0.25, 0.3) is 5.91 Å². The summed E-state index contributed by atoms with van der Waals surface area (Å²) in [7, 11) is -2.07. The molecule has 6 aliphatic rings. The highest BCUT2D eigenvalue weighted by atomic mass is 35.5. The number of halogens is 1. The fourth-order valence-electron chi connectivity index (χ4n) is 10.7. The van der Waals surface area contributed by atoms with Crippen molar-refractivity contribution in [3.05, 3.63) is 70.3 Å². The number of hydrogen-bond donors (Lipinski definition) is 1. The second-order valence-electron chi connectivity index (χ2n) is 17.5. The molecule has 1 unspecified atom stereocenters. The molecule has 0 radical (unpaired) electrons. The number of carbonyl (C=O) groups excluding carboxylic acids is 1. The number of ether oxygens (including phenoxy) is 2. The van der Waals surface area contributed by atoms with E-state index in [9.17, 15) is 13.2 Å². The number of carbonyl (C=O) groups is 1. The first-order chi connectivity index (χ1) is 26.0. The number of sulfonamides is 1. The van der Waals surface area contributed by atoms with Crippen molar-refractivity contribution in [1.82, 2.24) is 14.5 Å². The highest BCUT2D eigenvalue weighted by Gasteiger charge is 2.50. The highest BCUT2D eigenvalue weighted by molar-refractivity contribution is 7.90. The number of methoxy groups -OCH3 is 1. The Hall–Kier alpha value is -2.63. The van der Waals surface area contributed by atoms with Gasteiger partial charge in [0.05, 0.1) is 17.5 Å². The van der Waals surface area contributed by atoms with Gasteiger partial charge in [-0.15, -0.1) is 0 Å². The van der Waals surface area contributed by atoms with E-state index in [2.05, 4.69) is 43.7 Å². The Balaban J connectivity index is 1.18. The first-order valence-electron chi connectivity index (χ1n) is 20.6. The van der Waals surface area contributed by atoms with E-state index in [-0.39, 0.29) is 17.3 Å². The van der Waals surface area contributed by atoms with Gasteiger partial charge < -0.3 is 14.4 Å². The van der Waals surface area contributed by atoms with Crippen molar-refractivity contribution in [3.8, 4) is 5.75 Å². The van der Waals surface area contributed by atoms with E-state index in [0.717, 1.165) is 87.8 Å². The van der Waals surface area contributed by atoms with Crippen molar-refractivity contribution < 1.29 is 22.7 Å². The zero-order chi connectivity index (χ0) is 37.7. The topological polar surface area (TPSA) is 91.4 Å².